The second-order valence-corrected chi connectivity index (χ2v) is 8.02. The van der Waals surface area contributed by atoms with Crippen molar-refractivity contribution in [3.63, 3.8) is 0 Å². The van der Waals surface area contributed by atoms with Crippen LogP contribution in [0.4, 0.5) is 13.2 Å². The first-order valence-electron chi connectivity index (χ1n) is 8.08. The molecule has 1 rings (SSSR count). The number of carbonyl (C=O) groups excluding carboxylic acids is 1. The van der Waals surface area contributed by atoms with E-state index in [2.05, 4.69) is 10.1 Å². The van der Waals surface area contributed by atoms with Crippen molar-refractivity contribution in [3.05, 3.63) is 41.5 Å². The molecule has 1 aromatic rings. The Bertz CT molecular complexity index is 790. The molecule has 0 aromatic heterocycles. The molecule has 27 heavy (non-hydrogen) atoms. The Hall–Kier alpha value is -2.07. The number of sulfonamides is 1. The number of ether oxygens (including phenoxy) is 1. The summed E-state index contributed by atoms with van der Waals surface area (Å²) in [6.45, 7) is 5.36. The van der Waals surface area contributed by atoms with Crippen molar-refractivity contribution in [2.75, 3.05) is 7.05 Å². The zero-order chi connectivity index (χ0) is 20.8. The summed E-state index contributed by atoms with van der Waals surface area (Å²) >= 11 is 0. The van der Waals surface area contributed by atoms with Crippen molar-refractivity contribution in [1.82, 2.24) is 10.0 Å². The lowest BCUT2D eigenvalue weighted by molar-refractivity contribution is -0.274. The molecule has 0 aliphatic heterocycles. The predicted octanol–water partition coefficient (Wildman–Crippen LogP) is 2.72. The van der Waals surface area contributed by atoms with E-state index in [9.17, 15) is 26.4 Å². The molecule has 2 N–H and O–H groups in total. The Morgan fingerprint density at radius 1 is 1.30 bits per heavy atom. The van der Waals surface area contributed by atoms with Gasteiger partial charge in [0.25, 0.3) is 5.91 Å². The summed E-state index contributed by atoms with van der Waals surface area (Å²) < 4.78 is 66.8. The molecule has 1 amide bonds. The predicted molar refractivity (Wildman–Crippen MR) is 95.3 cm³/mol. The monoisotopic (exact) mass is 408 g/mol. The maximum Gasteiger partial charge on any atom is 0.573 e. The average molecular weight is 408 g/mol. The Morgan fingerprint density at radius 3 is 2.44 bits per heavy atom. The van der Waals surface area contributed by atoms with Crippen LogP contribution in [-0.2, 0) is 20.6 Å². The molecule has 0 spiro atoms. The summed E-state index contributed by atoms with van der Waals surface area (Å²) in [6, 6.07) is 4.45. The van der Waals surface area contributed by atoms with Crippen LogP contribution in [0, 0.1) is 5.92 Å². The molecule has 0 saturated carbocycles. The number of carbonyl (C=O) groups is 1. The maximum absolute atomic E-state index is 12.3. The van der Waals surface area contributed by atoms with Crippen LogP contribution in [0.1, 0.15) is 26.3 Å². The lowest BCUT2D eigenvalue weighted by atomic mass is 10.0. The third-order valence-corrected chi connectivity index (χ3v) is 4.79. The van der Waals surface area contributed by atoms with Gasteiger partial charge in [-0.15, -0.1) is 13.2 Å². The highest BCUT2D eigenvalue weighted by Gasteiger charge is 2.31. The van der Waals surface area contributed by atoms with Gasteiger partial charge in [0.15, 0.2) is 0 Å². The van der Waals surface area contributed by atoms with Crippen LogP contribution < -0.4 is 14.8 Å². The standard InChI is InChI=1S/C17H23F3N2O4S/c1-11(2)15(21-4)8-12(3)16(23)22-27(24,25)10-13-6-5-7-14(9-13)26-17(18,19)20/h5-9,11,15,21H,10H2,1-4H3,(H,22,23)/b12-8+/t15-/m1/s1. The Morgan fingerprint density at radius 2 is 1.93 bits per heavy atom. The number of hydrogen-bond donors (Lipinski definition) is 2. The number of likely N-dealkylation sites (N-methyl/N-ethyl adjacent to an activating group) is 1. The van der Waals surface area contributed by atoms with Crippen molar-refractivity contribution in [1.29, 1.82) is 0 Å². The Kier molecular flexibility index (Phi) is 7.85. The van der Waals surface area contributed by atoms with E-state index in [0.29, 0.717) is 0 Å². The highest BCUT2D eigenvalue weighted by molar-refractivity contribution is 7.89. The third kappa shape index (κ3) is 8.44. The molecule has 0 fully saturated rings. The quantitative estimate of drug-likeness (QED) is 0.646. The molecule has 0 saturated heterocycles. The lowest BCUT2D eigenvalue weighted by Crippen LogP contribution is -2.34. The molecule has 6 nitrogen and oxygen atoms in total. The highest BCUT2D eigenvalue weighted by atomic mass is 32.2. The molecule has 0 aliphatic rings. The second-order valence-electron chi connectivity index (χ2n) is 6.29. The Balaban J connectivity index is 2.86. The van der Waals surface area contributed by atoms with Crippen LogP contribution in [0.3, 0.4) is 0 Å². The van der Waals surface area contributed by atoms with E-state index < -0.39 is 33.8 Å². The SMILES string of the molecule is CN[C@H](/C=C(\C)C(=O)NS(=O)(=O)Cc1cccc(OC(F)(F)F)c1)C(C)C. The summed E-state index contributed by atoms with van der Waals surface area (Å²) in [7, 11) is -2.38. The molecular formula is C17H23F3N2O4S. The molecule has 0 bridgehead atoms. The average Bonchev–Trinajstić information content (AvgIpc) is 2.49. The van der Waals surface area contributed by atoms with Crippen LogP contribution in [-0.4, -0.2) is 33.8 Å². The maximum atomic E-state index is 12.3. The molecule has 0 radical (unpaired) electrons. The second kappa shape index (κ2) is 9.23. The van der Waals surface area contributed by atoms with Crippen molar-refractivity contribution < 1.29 is 31.1 Å². The van der Waals surface area contributed by atoms with Crippen LogP contribution in [0.5, 0.6) is 5.75 Å². The topological polar surface area (TPSA) is 84.5 Å². The first-order valence-corrected chi connectivity index (χ1v) is 9.73. The summed E-state index contributed by atoms with van der Waals surface area (Å²) in [5, 5.41) is 3.00. The molecular weight excluding hydrogens is 385 g/mol. The minimum absolute atomic E-state index is 0.0500. The van der Waals surface area contributed by atoms with Gasteiger partial charge in [0, 0.05) is 11.6 Å². The van der Waals surface area contributed by atoms with Crippen molar-refractivity contribution >= 4 is 15.9 Å². The third-order valence-electron chi connectivity index (χ3n) is 3.58. The van der Waals surface area contributed by atoms with Gasteiger partial charge in [-0.2, -0.15) is 0 Å². The minimum atomic E-state index is -4.88. The summed E-state index contributed by atoms with van der Waals surface area (Å²) in [5.74, 6) is -1.81. The molecule has 1 atom stereocenters. The fraction of sp³-hybridized carbons (Fsp3) is 0.471. The first kappa shape index (κ1) is 23.0. The summed E-state index contributed by atoms with van der Waals surface area (Å²) in [4.78, 5) is 12.1. The molecule has 152 valence electrons. The normalized spacial score (nSPS) is 14.1. The zero-order valence-corrected chi connectivity index (χ0v) is 16.2. The first-order chi connectivity index (χ1) is 12.3. The van der Waals surface area contributed by atoms with Gasteiger partial charge in [-0.25, -0.2) is 13.1 Å². The van der Waals surface area contributed by atoms with Crippen LogP contribution in [0.15, 0.2) is 35.9 Å². The van der Waals surface area contributed by atoms with Crippen LogP contribution in [0.2, 0.25) is 0 Å². The molecule has 0 aliphatic carbocycles. The smallest absolute Gasteiger partial charge is 0.406 e. The molecule has 10 heteroatoms. The number of rotatable bonds is 8. The number of benzene rings is 1. The van der Waals surface area contributed by atoms with Crippen molar-refractivity contribution in [2.45, 2.75) is 38.9 Å². The lowest BCUT2D eigenvalue weighted by Gasteiger charge is -2.17. The van der Waals surface area contributed by atoms with E-state index >= 15 is 0 Å². The molecule has 0 heterocycles. The number of hydrogen-bond acceptors (Lipinski definition) is 5. The van der Waals surface area contributed by atoms with E-state index in [0.717, 1.165) is 12.1 Å². The van der Waals surface area contributed by atoms with E-state index in [1.54, 1.807) is 13.1 Å². The fourth-order valence-electron chi connectivity index (χ4n) is 2.26. The van der Waals surface area contributed by atoms with Gasteiger partial charge in [0.1, 0.15) is 5.75 Å². The molecule has 0 unspecified atom stereocenters. The van der Waals surface area contributed by atoms with Crippen molar-refractivity contribution in [3.8, 4) is 5.75 Å². The summed E-state index contributed by atoms with van der Waals surface area (Å²) in [6.07, 6.45) is -3.26. The number of alkyl halides is 3. The molecule has 1 aromatic carbocycles. The van der Waals surface area contributed by atoms with E-state index in [4.69, 9.17) is 0 Å². The van der Waals surface area contributed by atoms with E-state index in [-0.39, 0.29) is 23.1 Å². The van der Waals surface area contributed by atoms with Crippen LogP contribution in [0.25, 0.3) is 0 Å². The van der Waals surface area contributed by atoms with Gasteiger partial charge >= 0.3 is 6.36 Å². The van der Waals surface area contributed by atoms with Gasteiger partial charge in [-0.3, -0.25) is 4.79 Å². The minimum Gasteiger partial charge on any atom is -0.406 e. The van der Waals surface area contributed by atoms with E-state index in [1.807, 2.05) is 18.6 Å². The van der Waals surface area contributed by atoms with Gasteiger partial charge in [0.05, 0.1) is 5.75 Å². The fourth-order valence-corrected chi connectivity index (χ4v) is 3.40. The van der Waals surface area contributed by atoms with Gasteiger partial charge < -0.3 is 10.1 Å². The number of halogens is 3. The van der Waals surface area contributed by atoms with E-state index in [1.165, 1.54) is 19.1 Å². The van der Waals surface area contributed by atoms with Crippen molar-refractivity contribution in [2.24, 2.45) is 5.92 Å². The zero-order valence-electron chi connectivity index (χ0n) is 15.4. The summed E-state index contributed by atoms with van der Waals surface area (Å²) in [5.41, 5.74) is 0.259. The Labute approximate surface area is 156 Å². The highest BCUT2D eigenvalue weighted by Crippen LogP contribution is 2.23. The van der Waals surface area contributed by atoms with Gasteiger partial charge in [-0.1, -0.05) is 32.1 Å². The largest absolute Gasteiger partial charge is 0.573 e. The van der Waals surface area contributed by atoms with Crippen LogP contribution >= 0.6 is 0 Å². The number of amides is 1. The van der Waals surface area contributed by atoms with Gasteiger partial charge in [-0.05, 0) is 37.6 Å². The van der Waals surface area contributed by atoms with Gasteiger partial charge in [0.2, 0.25) is 10.0 Å². The number of nitrogens with one attached hydrogen (secondary N) is 2.